The maximum absolute atomic E-state index is 12.0. The Hall–Kier alpha value is -1.92. The van der Waals surface area contributed by atoms with Crippen molar-refractivity contribution >= 4 is 39.2 Å². The van der Waals surface area contributed by atoms with Gasteiger partial charge in [-0.05, 0) is 36.4 Å². The minimum absolute atomic E-state index is 0.151. The van der Waals surface area contributed by atoms with Crippen LogP contribution in [0, 0.1) is 10.1 Å². The third-order valence-corrected chi connectivity index (χ3v) is 3.16. The molecule has 0 aliphatic heterocycles. The van der Waals surface area contributed by atoms with Crippen molar-refractivity contribution in [3.63, 3.8) is 0 Å². The highest BCUT2D eigenvalue weighted by atomic mass is 79.9. The molecule has 0 aliphatic carbocycles. The van der Waals surface area contributed by atoms with Gasteiger partial charge in [-0.25, -0.2) is 4.79 Å². The fourth-order valence-electron chi connectivity index (χ4n) is 1.49. The summed E-state index contributed by atoms with van der Waals surface area (Å²) in [5.74, 6) is -0.516. The lowest BCUT2D eigenvalue weighted by molar-refractivity contribution is -0.385. The molecule has 0 atom stereocenters. The fourth-order valence-corrected chi connectivity index (χ4v) is 1.92. The van der Waals surface area contributed by atoms with Crippen LogP contribution in [0.4, 0.5) is 5.69 Å². The minimum Gasteiger partial charge on any atom is -0.423 e. The fraction of sp³-hybridized carbons (Fsp3) is 0. The summed E-state index contributed by atoms with van der Waals surface area (Å²) in [6, 6.07) is 10.3. The maximum atomic E-state index is 12.0. The van der Waals surface area contributed by atoms with Crippen molar-refractivity contribution in [1.29, 1.82) is 0 Å². The van der Waals surface area contributed by atoms with Crippen LogP contribution in [0.3, 0.4) is 0 Å². The van der Waals surface area contributed by atoms with Crippen LogP contribution in [0.1, 0.15) is 10.4 Å². The molecule has 0 saturated heterocycles. The van der Waals surface area contributed by atoms with E-state index >= 15 is 0 Å². The Balaban J connectivity index is 2.29. The predicted molar refractivity (Wildman–Crippen MR) is 77.2 cm³/mol. The normalized spacial score (nSPS) is 10.1. The topological polar surface area (TPSA) is 69.4 Å². The van der Waals surface area contributed by atoms with Gasteiger partial charge in [0.2, 0.25) is 0 Å². The molecule has 0 saturated carbocycles. The lowest BCUT2D eigenvalue weighted by Gasteiger charge is -2.05. The zero-order chi connectivity index (χ0) is 14.7. The number of nitro groups is 1. The highest BCUT2D eigenvalue weighted by Crippen LogP contribution is 2.25. The molecule has 0 aromatic heterocycles. The van der Waals surface area contributed by atoms with E-state index in [1.54, 1.807) is 24.3 Å². The third kappa shape index (κ3) is 3.34. The number of rotatable bonds is 3. The third-order valence-electron chi connectivity index (χ3n) is 2.40. The van der Waals surface area contributed by atoms with Gasteiger partial charge in [0, 0.05) is 15.6 Å². The van der Waals surface area contributed by atoms with Gasteiger partial charge in [0.1, 0.15) is 11.3 Å². The molecule has 2 aromatic rings. The van der Waals surface area contributed by atoms with Crippen LogP contribution in [-0.2, 0) is 0 Å². The summed E-state index contributed by atoms with van der Waals surface area (Å²) in [6.07, 6.45) is 0. The first-order valence-electron chi connectivity index (χ1n) is 5.39. The molecule has 0 aliphatic rings. The van der Waals surface area contributed by atoms with Gasteiger partial charge in [-0.2, -0.15) is 0 Å². The molecule has 7 heteroatoms. The summed E-state index contributed by atoms with van der Waals surface area (Å²) in [4.78, 5) is 22.2. The first-order chi connectivity index (χ1) is 9.47. The van der Waals surface area contributed by atoms with Gasteiger partial charge in [0.25, 0.3) is 5.69 Å². The quantitative estimate of drug-likeness (QED) is 0.357. The Bertz CT molecular complexity index is 673. The van der Waals surface area contributed by atoms with Gasteiger partial charge in [-0.15, -0.1) is 0 Å². The van der Waals surface area contributed by atoms with Gasteiger partial charge in [0.15, 0.2) is 0 Å². The number of carbonyl (C=O) groups excluding carboxylic acids is 1. The molecule has 102 valence electrons. The number of nitro benzene ring substituents is 1. The predicted octanol–water partition coefficient (Wildman–Crippen LogP) is 4.23. The van der Waals surface area contributed by atoms with E-state index < -0.39 is 10.9 Å². The Kier molecular flexibility index (Phi) is 4.36. The van der Waals surface area contributed by atoms with Gasteiger partial charge in [0.05, 0.1) is 4.92 Å². The first kappa shape index (κ1) is 14.5. The van der Waals surface area contributed by atoms with Crippen LogP contribution in [0.25, 0.3) is 0 Å². The lowest BCUT2D eigenvalue weighted by atomic mass is 10.2. The second kappa shape index (κ2) is 6.02. The molecular weight excluding hydrogens is 350 g/mol. The first-order valence-corrected chi connectivity index (χ1v) is 6.56. The minimum atomic E-state index is -0.810. The molecule has 2 aromatic carbocycles. The molecule has 0 fully saturated rings. The molecule has 0 bridgehead atoms. The molecule has 0 unspecified atom stereocenters. The molecule has 2 rings (SSSR count). The molecule has 0 amide bonds. The molecule has 0 N–H and O–H groups in total. The van der Waals surface area contributed by atoms with Crippen molar-refractivity contribution < 1.29 is 14.5 Å². The largest absolute Gasteiger partial charge is 0.423 e. The van der Waals surface area contributed by atoms with Crippen molar-refractivity contribution in [3.05, 3.63) is 67.6 Å². The van der Waals surface area contributed by atoms with E-state index in [1.165, 1.54) is 12.1 Å². The average molecular weight is 357 g/mol. The van der Waals surface area contributed by atoms with E-state index in [4.69, 9.17) is 16.3 Å². The number of nitrogens with zero attached hydrogens (tertiary/aromatic N) is 1. The van der Waals surface area contributed by atoms with E-state index in [2.05, 4.69) is 15.9 Å². The summed E-state index contributed by atoms with van der Waals surface area (Å²) in [5.41, 5.74) is -0.540. The van der Waals surface area contributed by atoms with E-state index in [9.17, 15) is 14.9 Å². The van der Waals surface area contributed by atoms with Crippen LogP contribution in [0.2, 0.25) is 5.02 Å². The summed E-state index contributed by atoms with van der Waals surface area (Å²) in [7, 11) is 0. The number of halogens is 2. The van der Waals surface area contributed by atoms with E-state index in [0.717, 1.165) is 10.5 Å². The Morgan fingerprint density at radius 2 is 1.85 bits per heavy atom. The van der Waals surface area contributed by atoms with E-state index in [-0.39, 0.29) is 16.3 Å². The molecular formula is C13H7BrClNO4. The van der Waals surface area contributed by atoms with Crippen molar-refractivity contribution in [2.75, 3.05) is 0 Å². The number of benzene rings is 2. The van der Waals surface area contributed by atoms with Crippen molar-refractivity contribution in [2.45, 2.75) is 0 Å². The smallest absolute Gasteiger partial charge is 0.350 e. The van der Waals surface area contributed by atoms with Gasteiger partial charge in [-0.3, -0.25) is 10.1 Å². The van der Waals surface area contributed by atoms with Gasteiger partial charge < -0.3 is 4.74 Å². The number of ether oxygens (including phenoxy) is 1. The van der Waals surface area contributed by atoms with Crippen molar-refractivity contribution in [2.24, 2.45) is 0 Å². The van der Waals surface area contributed by atoms with Crippen molar-refractivity contribution in [1.82, 2.24) is 0 Å². The molecule has 0 heterocycles. The lowest BCUT2D eigenvalue weighted by Crippen LogP contribution is -2.11. The van der Waals surface area contributed by atoms with E-state index in [1.807, 2.05) is 0 Å². The summed E-state index contributed by atoms with van der Waals surface area (Å²) in [5, 5.41) is 11.1. The van der Waals surface area contributed by atoms with Gasteiger partial charge in [-0.1, -0.05) is 27.5 Å². The molecule has 5 nitrogen and oxygen atoms in total. The molecule has 20 heavy (non-hydrogen) atoms. The summed E-state index contributed by atoms with van der Waals surface area (Å²) < 4.78 is 5.91. The van der Waals surface area contributed by atoms with Crippen LogP contribution in [0.15, 0.2) is 46.9 Å². The number of hydrogen-bond donors (Lipinski definition) is 0. The zero-order valence-electron chi connectivity index (χ0n) is 9.88. The number of hydrogen-bond acceptors (Lipinski definition) is 4. The van der Waals surface area contributed by atoms with Crippen LogP contribution < -0.4 is 4.74 Å². The van der Waals surface area contributed by atoms with Crippen LogP contribution in [-0.4, -0.2) is 10.9 Å². The van der Waals surface area contributed by atoms with Crippen LogP contribution in [0.5, 0.6) is 5.75 Å². The number of carbonyl (C=O) groups is 1. The summed E-state index contributed by atoms with van der Waals surface area (Å²) in [6.45, 7) is 0. The zero-order valence-corrected chi connectivity index (χ0v) is 12.2. The standard InChI is InChI=1S/C13H7BrClNO4/c14-8-1-4-10(5-2-8)20-13(17)11-6-3-9(15)7-12(11)16(18)19/h1-7H. The highest BCUT2D eigenvalue weighted by molar-refractivity contribution is 9.10. The Morgan fingerprint density at radius 1 is 1.20 bits per heavy atom. The number of esters is 1. The Labute approximate surface area is 127 Å². The SMILES string of the molecule is O=C(Oc1ccc(Br)cc1)c1ccc(Cl)cc1[N+](=O)[O-]. The highest BCUT2D eigenvalue weighted by Gasteiger charge is 2.22. The molecule has 0 radical (unpaired) electrons. The van der Waals surface area contributed by atoms with Crippen LogP contribution >= 0.6 is 27.5 Å². The summed E-state index contributed by atoms with van der Waals surface area (Å²) >= 11 is 8.93. The van der Waals surface area contributed by atoms with Gasteiger partial charge >= 0.3 is 5.97 Å². The van der Waals surface area contributed by atoms with E-state index in [0.29, 0.717) is 5.75 Å². The van der Waals surface area contributed by atoms with Crippen molar-refractivity contribution in [3.8, 4) is 5.75 Å². The maximum Gasteiger partial charge on any atom is 0.350 e. The second-order valence-corrected chi connectivity index (χ2v) is 5.11. The second-order valence-electron chi connectivity index (χ2n) is 3.76. The average Bonchev–Trinajstić information content (AvgIpc) is 2.41. The monoisotopic (exact) mass is 355 g/mol. The Morgan fingerprint density at radius 3 is 2.45 bits per heavy atom. The molecule has 0 spiro atoms.